The summed E-state index contributed by atoms with van der Waals surface area (Å²) in [6.45, 7) is 3.21. The Morgan fingerprint density at radius 3 is 3.18 bits per heavy atom. The number of hydrogen-bond acceptors (Lipinski definition) is 5. The SMILES string of the molecule is O=Cc1coc2cnc(C(=O)N[C@@H]3C[C@@H]4CCN(C4)C3)cc12. The molecule has 2 aromatic rings. The number of aldehydes is 1. The van der Waals surface area contributed by atoms with Crippen LogP contribution in [0.3, 0.4) is 0 Å². The van der Waals surface area contributed by atoms with E-state index >= 15 is 0 Å². The van der Waals surface area contributed by atoms with Gasteiger partial charge in [0.25, 0.3) is 5.91 Å². The summed E-state index contributed by atoms with van der Waals surface area (Å²) < 4.78 is 5.23. The Kier molecular flexibility index (Phi) is 3.18. The van der Waals surface area contributed by atoms with Gasteiger partial charge in [0.15, 0.2) is 11.9 Å². The lowest BCUT2D eigenvalue weighted by atomic mass is 9.97. The van der Waals surface area contributed by atoms with Crippen molar-refractivity contribution < 1.29 is 14.0 Å². The van der Waals surface area contributed by atoms with Crippen molar-refractivity contribution >= 4 is 23.2 Å². The van der Waals surface area contributed by atoms with Gasteiger partial charge in [0.05, 0.1) is 11.8 Å². The first-order valence-corrected chi connectivity index (χ1v) is 7.58. The molecule has 2 fully saturated rings. The number of carbonyl (C=O) groups excluding carboxylic acids is 2. The van der Waals surface area contributed by atoms with Crippen molar-refractivity contribution in [1.82, 2.24) is 15.2 Å². The molecule has 0 aliphatic carbocycles. The van der Waals surface area contributed by atoms with Crippen LogP contribution in [0.25, 0.3) is 11.0 Å². The maximum Gasteiger partial charge on any atom is 0.270 e. The maximum absolute atomic E-state index is 12.4. The molecule has 0 radical (unpaired) electrons. The van der Waals surface area contributed by atoms with Gasteiger partial charge in [-0.3, -0.25) is 9.59 Å². The third kappa shape index (κ3) is 2.29. The molecule has 1 N–H and O–H groups in total. The van der Waals surface area contributed by atoms with Crippen molar-refractivity contribution in [2.24, 2.45) is 5.92 Å². The fourth-order valence-electron chi connectivity index (χ4n) is 3.59. The predicted octanol–water partition coefficient (Wildman–Crippen LogP) is 1.46. The van der Waals surface area contributed by atoms with Crippen molar-refractivity contribution in [3.05, 3.63) is 29.8 Å². The van der Waals surface area contributed by atoms with E-state index in [0.29, 0.717) is 28.1 Å². The molecule has 0 aromatic carbocycles. The molecule has 2 bridgehead atoms. The molecule has 2 aromatic heterocycles. The zero-order valence-corrected chi connectivity index (χ0v) is 12.1. The zero-order chi connectivity index (χ0) is 15.1. The number of nitrogens with zero attached hydrogens (tertiary/aromatic N) is 2. The van der Waals surface area contributed by atoms with E-state index in [0.717, 1.165) is 32.3 Å². The van der Waals surface area contributed by atoms with Gasteiger partial charge in [0, 0.05) is 24.5 Å². The summed E-state index contributed by atoms with van der Waals surface area (Å²) in [5.74, 6) is 0.512. The second-order valence-corrected chi connectivity index (χ2v) is 6.19. The Bertz CT molecular complexity index is 727. The van der Waals surface area contributed by atoms with Gasteiger partial charge in [-0.15, -0.1) is 0 Å². The topological polar surface area (TPSA) is 75.4 Å². The molecular formula is C16H17N3O3. The van der Waals surface area contributed by atoms with E-state index in [4.69, 9.17) is 4.42 Å². The molecule has 6 heteroatoms. The van der Waals surface area contributed by atoms with Crippen LogP contribution in [0.4, 0.5) is 0 Å². The highest BCUT2D eigenvalue weighted by Crippen LogP contribution is 2.27. The van der Waals surface area contributed by atoms with Crippen molar-refractivity contribution in [3.8, 4) is 0 Å². The molecule has 4 rings (SSSR count). The van der Waals surface area contributed by atoms with Crippen LogP contribution in [-0.4, -0.2) is 47.8 Å². The molecule has 1 amide bonds. The van der Waals surface area contributed by atoms with Crippen LogP contribution >= 0.6 is 0 Å². The van der Waals surface area contributed by atoms with Gasteiger partial charge >= 0.3 is 0 Å². The van der Waals surface area contributed by atoms with E-state index in [-0.39, 0.29) is 11.9 Å². The molecule has 2 saturated heterocycles. The van der Waals surface area contributed by atoms with Gasteiger partial charge in [0.1, 0.15) is 12.0 Å². The summed E-state index contributed by atoms with van der Waals surface area (Å²) in [6.07, 6.45) is 5.86. The van der Waals surface area contributed by atoms with Crippen LogP contribution in [0.5, 0.6) is 0 Å². The quantitative estimate of drug-likeness (QED) is 0.869. The van der Waals surface area contributed by atoms with Gasteiger partial charge in [0.2, 0.25) is 0 Å². The Morgan fingerprint density at radius 2 is 2.36 bits per heavy atom. The molecule has 22 heavy (non-hydrogen) atoms. The first kappa shape index (κ1) is 13.5. The lowest BCUT2D eigenvalue weighted by Crippen LogP contribution is -2.47. The monoisotopic (exact) mass is 299 g/mol. The number of nitrogens with one attached hydrogen (secondary N) is 1. The van der Waals surface area contributed by atoms with Crippen LogP contribution in [-0.2, 0) is 0 Å². The van der Waals surface area contributed by atoms with E-state index in [1.807, 2.05) is 0 Å². The largest absolute Gasteiger partial charge is 0.462 e. The van der Waals surface area contributed by atoms with E-state index in [1.165, 1.54) is 18.9 Å². The number of carbonyl (C=O) groups is 2. The first-order chi connectivity index (χ1) is 10.7. The smallest absolute Gasteiger partial charge is 0.270 e. The number of furan rings is 1. The van der Waals surface area contributed by atoms with Gasteiger partial charge in [-0.2, -0.15) is 0 Å². The van der Waals surface area contributed by atoms with Crippen molar-refractivity contribution in [2.45, 2.75) is 18.9 Å². The van der Waals surface area contributed by atoms with E-state index in [2.05, 4.69) is 15.2 Å². The molecule has 2 aliphatic heterocycles. The predicted molar refractivity (Wildman–Crippen MR) is 79.8 cm³/mol. The minimum absolute atomic E-state index is 0.182. The van der Waals surface area contributed by atoms with Crippen LogP contribution < -0.4 is 5.32 Å². The molecular weight excluding hydrogens is 282 g/mol. The van der Waals surface area contributed by atoms with Gasteiger partial charge < -0.3 is 14.6 Å². The lowest BCUT2D eigenvalue weighted by Gasteiger charge is -2.30. The fraction of sp³-hybridized carbons (Fsp3) is 0.438. The number of amides is 1. The van der Waals surface area contributed by atoms with Crippen LogP contribution in [0.2, 0.25) is 0 Å². The minimum Gasteiger partial charge on any atom is -0.462 e. The third-order valence-corrected chi connectivity index (χ3v) is 4.65. The maximum atomic E-state index is 12.4. The highest BCUT2D eigenvalue weighted by Gasteiger charge is 2.33. The Labute approximate surface area is 127 Å². The number of aromatic nitrogens is 1. The second kappa shape index (κ2) is 5.21. The molecule has 1 unspecified atom stereocenters. The van der Waals surface area contributed by atoms with Crippen molar-refractivity contribution in [2.75, 3.05) is 19.6 Å². The summed E-state index contributed by atoms with van der Waals surface area (Å²) in [7, 11) is 0. The summed E-state index contributed by atoms with van der Waals surface area (Å²) >= 11 is 0. The minimum atomic E-state index is -0.188. The summed E-state index contributed by atoms with van der Waals surface area (Å²) in [5.41, 5.74) is 1.28. The van der Waals surface area contributed by atoms with Crippen LogP contribution in [0.15, 0.2) is 22.9 Å². The van der Waals surface area contributed by atoms with Gasteiger partial charge in [-0.1, -0.05) is 0 Å². The van der Waals surface area contributed by atoms with Gasteiger partial charge in [-0.05, 0) is 31.4 Å². The lowest BCUT2D eigenvalue weighted by molar-refractivity contribution is 0.0904. The number of pyridine rings is 1. The summed E-state index contributed by atoms with van der Waals surface area (Å²) in [4.78, 5) is 29.9. The average Bonchev–Trinajstić information content (AvgIpc) is 3.09. The average molecular weight is 299 g/mol. The number of rotatable bonds is 3. The summed E-state index contributed by atoms with van der Waals surface area (Å²) in [5, 5.41) is 3.70. The number of fused-ring (bicyclic) bond motifs is 3. The second-order valence-electron chi connectivity index (χ2n) is 6.19. The Balaban J connectivity index is 1.53. The van der Waals surface area contributed by atoms with Gasteiger partial charge in [-0.25, -0.2) is 4.98 Å². The van der Waals surface area contributed by atoms with Crippen molar-refractivity contribution in [1.29, 1.82) is 0 Å². The molecule has 4 heterocycles. The molecule has 0 spiro atoms. The zero-order valence-electron chi connectivity index (χ0n) is 12.1. The fourth-order valence-corrected chi connectivity index (χ4v) is 3.59. The number of piperidine rings is 1. The Morgan fingerprint density at radius 1 is 1.45 bits per heavy atom. The van der Waals surface area contributed by atoms with Crippen LogP contribution in [0, 0.1) is 5.92 Å². The highest BCUT2D eigenvalue weighted by molar-refractivity contribution is 6.00. The molecule has 3 atom stereocenters. The standard InChI is InChI=1S/C16H17N3O3/c20-8-11-9-22-15-5-17-14(4-13(11)15)16(21)18-12-3-10-1-2-19(6-10)7-12/h4-5,8-10,12H,1-3,6-7H2,(H,18,21)/t10-,12+/m0/s1. The number of hydrogen-bond donors (Lipinski definition) is 1. The van der Waals surface area contributed by atoms with E-state index in [9.17, 15) is 9.59 Å². The molecule has 114 valence electrons. The van der Waals surface area contributed by atoms with E-state index in [1.54, 1.807) is 6.07 Å². The first-order valence-electron chi connectivity index (χ1n) is 7.58. The third-order valence-electron chi connectivity index (χ3n) is 4.65. The van der Waals surface area contributed by atoms with Crippen molar-refractivity contribution in [3.63, 3.8) is 0 Å². The normalized spacial score (nSPS) is 27.0. The Hall–Kier alpha value is -2.21. The molecule has 0 saturated carbocycles. The van der Waals surface area contributed by atoms with Crippen LogP contribution in [0.1, 0.15) is 33.7 Å². The highest BCUT2D eigenvalue weighted by atomic mass is 16.3. The molecule has 6 nitrogen and oxygen atoms in total. The summed E-state index contributed by atoms with van der Waals surface area (Å²) in [6, 6.07) is 1.80. The van der Waals surface area contributed by atoms with E-state index < -0.39 is 0 Å². The molecule has 2 aliphatic rings.